The smallest absolute Gasteiger partial charge is 0.246 e. The fourth-order valence-electron chi connectivity index (χ4n) is 1.86. The van der Waals surface area contributed by atoms with Gasteiger partial charge in [0.2, 0.25) is 11.8 Å². The number of amides is 2. The van der Waals surface area contributed by atoms with Gasteiger partial charge in [-0.05, 0) is 6.92 Å². The Hall–Kier alpha value is -2.76. The molecule has 0 bridgehead atoms. The van der Waals surface area contributed by atoms with Crippen molar-refractivity contribution >= 4 is 17.5 Å². The van der Waals surface area contributed by atoms with Gasteiger partial charge in [0.1, 0.15) is 6.04 Å². The maximum absolute atomic E-state index is 12.1. The third-order valence-electron chi connectivity index (χ3n) is 3.37. The zero-order valence-electron chi connectivity index (χ0n) is 14.3. The highest BCUT2D eigenvalue weighted by molar-refractivity contribution is 5.97. The van der Waals surface area contributed by atoms with E-state index in [9.17, 15) is 9.59 Å². The lowest BCUT2D eigenvalue weighted by atomic mass is 9.95. The molecule has 1 heterocycles. The third-order valence-corrected chi connectivity index (χ3v) is 3.37. The molecule has 6 nitrogen and oxygen atoms in total. The minimum atomic E-state index is -0.648. The normalized spacial score (nSPS) is 12.3. The molecule has 126 valence electrons. The van der Waals surface area contributed by atoms with E-state index in [1.807, 2.05) is 30.3 Å². The highest BCUT2D eigenvalue weighted by Crippen LogP contribution is 2.15. The number of hydrogen-bond acceptors (Lipinski definition) is 4. The van der Waals surface area contributed by atoms with Crippen LogP contribution >= 0.6 is 0 Å². The average Bonchev–Trinajstić information content (AvgIpc) is 2.55. The minimum Gasteiger partial charge on any atom is -0.344 e. The van der Waals surface area contributed by atoms with Gasteiger partial charge in [0.05, 0.1) is 18.1 Å². The van der Waals surface area contributed by atoms with Gasteiger partial charge in [-0.1, -0.05) is 51.1 Å². The van der Waals surface area contributed by atoms with Gasteiger partial charge in [0.15, 0.2) is 5.82 Å². The van der Waals surface area contributed by atoms with E-state index < -0.39 is 11.5 Å². The maximum Gasteiger partial charge on any atom is 0.246 e. The number of carbonyl (C=O) groups is 2. The van der Waals surface area contributed by atoms with Gasteiger partial charge in [0, 0.05) is 11.0 Å². The number of hydrogen-bond donors (Lipinski definition) is 2. The summed E-state index contributed by atoms with van der Waals surface area (Å²) in [5.74, 6) is 0.0900. The topological polar surface area (TPSA) is 84.0 Å². The lowest BCUT2D eigenvalue weighted by Crippen LogP contribution is -2.46. The quantitative estimate of drug-likeness (QED) is 0.904. The van der Waals surface area contributed by atoms with Crippen molar-refractivity contribution in [3.63, 3.8) is 0 Å². The van der Waals surface area contributed by atoms with Crippen molar-refractivity contribution in [3.05, 3.63) is 42.7 Å². The lowest BCUT2D eigenvalue weighted by molar-refractivity contribution is -0.131. The van der Waals surface area contributed by atoms with E-state index in [-0.39, 0.29) is 11.8 Å². The van der Waals surface area contributed by atoms with Gasteiger partial charge in [-0.3, -0.25) is 9.59 Å². The Morgan fingerprint density at radius 3 is 2.17 bits per heavy atom. The molecule has 2 N–H and O–H groups in total. The van der Waals surface area contributed by atoms with Crippen molar-refractivity contribution in [3.8, 4) is 11.4 Å². The van der Waals surface area contributed by atoms with Crippen LogP contribution in [0.25, 0.3) is 11.4 Å². The molecule has 6 heteroatoms. The number of aromatic nitrogens is 2. The third kappa shape index (κ3) is 4.62. The Morgan fingerprint density at radius 2 is 1.62 bits per heavy atom. The Kier molecular flexibility index (Phi) is 5.28. The number of nitrogens with one attached hydrogen (secondary N) is 2. The second kappa shape index (κ2) is 7.21. The second-order valence-electron chi connectivity index (χ2n) is 6.60. The van der Waals surface area contributed by atoms with Gasteiger partial charge in [0.25, 0.3) is 0 Å². The summed E-state index contributed by atoms with van der Waals surface area (Å²) in [5, 5.41) is 5.38. The van der Waals surface area contributed by atoms with Crippen molar-refractivity contribution in [2.45, 2.75) is 33.7 Å². The van der Waals surface area contributed by atoms with Crippen LogP contribution in [0.2, 0.25) is 0 Å². The predicted molar refractivity (Wildman–Crippen MR) is 93.2 cm³/mol. The lowest BCUT2D eigenvalue weighted by Gasteiger charge is -2.21. The monoisotopic (exact) mass is 326 g/mol. The van der Waals surface area contributed by atoms with Crippen LogP contribution in [-0.4, -0.2) is 27.8 Å². The van der Waals surface area contributed by atoms with Crippen molar-refractivity contribution in [2.75, 3.05) is 5.32 Å². The molecule has 1 atom stereocenters. The van der Waals surface area contributed by atoms with Crippen LogP contribution in [0.1, 0.15) is 27.7 Å². The molecule has 0 saturated heterocycles. The van der Waals surface area contributed by atoms with Crippen LogP contribution < -0.4 is 10.6 Å². The van der Waals surface area contributed by atoms with Crippen LogP contribution in [0, 0.1) is 5.41 Å². The Bertz CT molecular complexity index is 706. The van der Waals surface area contributed by atoms with E-state index >= 15 is 0 Å². The first-order valence-corrected chi connectivity index (χ1v) is 7.76. The summed E-state index contributed by atoms with van der Waals surface area (Å²) < 4.78 is 0. The van der Waals surface area contributed by atoms with Crippen molar-refractivity contribution in [1.29, 1.82) is 0 Å². The standard InChI is InChI=1S/C18H22N4O2/c1-12(21-17(24)18(2,3)4)16(23)22-14-10-19-15(20-11-14)13-8-6-5-7-9-13/h5-12H,1-4H3,(H,21,24)(H,22,23). The molecule has 0 spiro atoms. The number of benzene rings is 1. The van der Waals surface area contributed by atoms with Crippen molar-refractivity contribution in [2.24, 2.45) is 5.41 Å². The van der Waals surface area contributed by atoms with Crippen LogP contribution in [0.15, 0.2) is 42.7 Å². The molecule has 2 amide bonds. The summed E-state index contributed by atoms with van der Waals surface area (Å²) in [5.41, 5.74) is 0.840. The van der Waals surface area contributed by atoms with Crippen LogP contribution in [0.3, 0.4) is 0 Å². The zero-order valence-corrected chi connectivity index (χ0v) is 14.3. The fourth-order valence-corrected chi connectivity index (χ4v) is 1.86. The molecule has 0 aliphatic heterocycles. The summed E-state index contributed by atoms with van der Waals surface area (Å²) in [6.07, 6.45) is 3.09. The number of anilines is 1. The molecule has 0 aliphatic carbocycles. The molecule has 1 aromatic carbocycles. The molecular formula is C18H22N4O2. The van der Waals surface area contributed by atoms with E-state index in [0.29, 0.717) is 11.5 Å². The SMILES string of the molecule is CC(NC(=O)C(C)(C)C)C(=O)Nc1cnc(-c2ccccc2)nc1. The molecule has 1 aromatic heterocycles. The van der Waals surface area contributed by atoms with Gasteiger partial charge in [-0.2, -0.15) is 0 Å². The number of nitrogens with zero attached hydrogens (tertiary/aromatic N) is 2. The predicted octanol–water partition coefficient (Wildman–Crippen LogP) is 2.63. The van der Waals surface area contributed by atoms with E-state index in [2.05, 4.69) is 20.6 Å². The largest absolute Gasteiger partial charge is 0.344 e. The van der Waals surface area contributed by atoms with Gasteiger partial charge in [-0.25, -0.2) is 9.97 Å². The highest BCUT2D eigenvalue weighted by atomic mass is 16.2. The molecule has 24 heavy (non-hydrogen) atoms. The second-order valence-corrected chi connectivity index (χ2v) is 6.60. The summed E-state index contributed by atoms with van der Waals surface area (Å²) in [6.45, 7) is 7.02. The Labute approximate surface area is 141 Å². The number of carbonyl (C=O) groups excluding carboxylic acids is 2. The summed E-state index contributed by atoms with van der Waals surface area (Å²) in [4.78, 5) is 32.6. The Balaban J connectivity index is 1.98. The Morgan fingerprint density at radius 1 is 1.04 bits per heavy atom. The van der Waals surface area contributed by atoms with Crippen LogP contribution in [-0.2, 0) is 9.59 Å². The van der Waals surface area contributed by atoms with E-state index in [0.717, 1.165) is 5.56 Å². The molecular weight excluding hydrogens is 304 g/mol. The molecule has 0 fully saturated rings. The van der Waals surface area contributed by atoms with Gasteiger partial charge >= 0.3 is 0 Å². The first kappa shape index (κ1) is 17.6. The average molecular weight is 326 g/mol. The first-order valence-electron chi connectivity index (χ1n) is 7.76. The molecule has 2 aromatic rings. The molecule has 2 rings (SSSR count). The van der Waals surface area contributed by atoms with Crippen molar-refractivity contribution < 1.29 is 9.59 Å². The first-order chi connectivity index (χ1) is 11.3. The van der Waals surface area contributed by atoms with E-state index in [4.69, 9.17) is 0 Å². The molecule has 1 unspecified atom stereocenters. The zero-order chi connectivity index (χ0) is 17.7. The molecule has 0 radical (unpaired) electrons. The fraction of sp³-hybridized carbons (Fsp3) is 0.333. The number of rotatable bonds is 4. The maximum atomic E-state index is 12.1. The molecule has 0 aliphatic rings. The highest BCUT2D eigenvalue weighted by Gasteiger charge is 2.25. The van der Waals surface area contributed by atoms with Gasteiger partial charge in [-0.15, -0.1) is 0 Å². The van der Waals surface area contributed by atoms with E-state index in [1.165, 1.54) is 0 Å². The van der Waals surface area contributed by atoms with Crippen LogP contribution in [0.5, 0.6) is 0 Å². The summed E-state index contributed by atoms with van der Waals surface area (Å²) in [6, 6.07) is 8.92. The summed E-state index contributed by atoms with van der Waals surface area (Å²) >= 11 is 0. The molecule has 0 saturated carbocycles. The van der Waals surface area contributed by atoms with Gasteiger partial charge < -0.3 is 10.6 Å². The minimum absolute atomic E-state index is 0.180. The summed E-state index contributed by atoms with van der Waals surface area (Å²) in [7, 11) is 0. The van der Waals surface area contributed by atoms with E-state index in [1.54, 1.807) is 40.1 Å². The van der Waals surface area contributed by atoms with Crippen LogP contribution in [0.4, 0.5) is 5.69 Å². The van der Waals surface area contributed by atoms with Crippen molar-refractivity contribution in [1.82, 2.24) is 15.3 Å².